The third-order valence-corrected chi connectivity index (χ3v) is 4.03. The Morgan fingerprint density at radius 1 is 1.17 bits per heavy atom. The normalized spacial score (nSPS) is 11.1. The zero-order valence-electron chi connectivity index (χ0n) is 11.9. The van der Waals surface area contributed by atoms with Gasteiger partial charge >= 0.3 is 0 Å². The minimum Gasteiger partial charge on any atom is -0.315 e. The van der Waals surface area contributed by atoms with Crippen molar-refractivity contribution in [2.45, 2.75) is 25.7 Å². The molecule has 102 valence electrons. The fraction of sp³-hybridized carbons (Fsp3) is 0.600. The molecule has 0 radical (unpaired) electrons. The molecule has 18 heavy (non-hydrogen) atoms. The van der Waals surface area contributed by atoms with Gasteiger partial charge in [-0.15, -0.1) is 11.8 Å². The molecule has 1 aromatic rings. The standard InChI is InChI=1S/C15H26N2S/c1-4-17(5-2)11-9-16-10-12-18-15-8-6-7-14(3)13-15/h6-8,13,16H,4-5,9-12H2,1-3H3. The summed E-state index contributed by atoms with van der Waals surface area (Å²) in [6.07, 6.45) is 0. The number of hydrogen-bond donors (Lipinski definition) is 1. The Kier molecular flexibility index (Phi) is 8.14. The predicted molar refractivity (Wildman–Crippen MR) is 82.6 cm³/mol. The Morgan fingerprint density at radius 2 is 1.94 bits per heavy atom. The van der Waals surface area contributed by atoms with Crippen molar-refractivity contribution in [1.29, 1.82) is 0 Å². The van der Waals surface area contributed by atoms with Crippen molar-refractivity contribution in [2.75, 3.05) is 38.5 Å². The van der Waals surface area contributed by atoms with E-state index in [4.69, 9.17) is 0 Å². The average Bonchev–Trinajstić information content (AvgIpc) is 2.38. The maximum Gasteiger partial charge on any atom is 0.0107 e. The van der Waals surface area contributed by atoms with Gasteiger partial charge in [-0.2, -0.15) is 0 Å². The number of nitrogens with one attached hydrogen (secondary N) is 1. The summed E-state index contributed by atoms with van der Waals surface area (Å²) < 4.78 is 0. The lowest BCUT2D eigenvalue weighted by atomic mass is 10.2. The molecule has 1 aromatic carbocycles. The molecule has 0 fully saturated rings. The Morgan fingerprint density at radius 3 is 2.61 bits per heavy atom. The van der Waals surface area contributed by atoms with E-state index in [0.717, 1.165) is 38.5 Å². The summed E-state index contributed by atoms with van der Waals surface area (Å²) in [5, 5.41) is 3.51. The van der Waals surface area contributed by atoms with E-state index in [2.05, 4.69) is 55.3 Å². The second kappa shape index (κ2) is 9.42. The summed E-state index contributed by atoms with van der Waals surface area (Å²) in [5.74, 6) is 1.14. The van der Waals surface area contributed by atoms with Crippen molar-refractivity contribution in [2.24, 2.45) is 0 Å². The molecule has 0 atom stereocenters. The van der Waals surface area contributed by atoms with Crippen LogP contribution in [0, 0.1) is 6.92 Å². The molecule has 0 aliphatic carbocycles. The molecule has 2 nitrogen and oxygen atoms in total. The van der Waals surface area contributed by atoms with E-state index in [1.807, 2.05) is 11.8 Å². The number of likely N-dealkylation sites (N-methyl/N-ethyl adjacent to an activating group) is 1. The molecular weight excluding hydrogens is 240 g/mol. The second-order valence-electron chi connectivity index (χ2n) is 4.44. The highest BCUT2D eigenvalue weighted by Gasteiger charge is 1.98. The highest BCUT2D eigenvalue weighted by molar-refractivity contribution is 7.99. The lowest BCUT2D eigenvalue weighted by Gasteiger charge is -2.17. The van der Waals surface area contributed by atoms with Gasteiger partial charge in [0.05, 0.1) is 0 Å². The van der Waals surface area contributed by atoms with E-state index in [1.54, 1.807) is 0 Å². The molecule has 0 amide bonds. The van der Waals surface area contributed by atoms with E-state index >= 15 is 0 Å². The number of hydrogen-bond acceptors (Lipinski definition) is 3. The highest BCUT2D eigenvalue weighted by atomic mass is 32.2. The summed E-state index contributed by atoms with van der Waals surface area (Å²) in [6, 6.07) is 8.71. The predicted octanol–water partition coefficient (Wildman–Crippen LogP) is 3.02. The molecule has 1 N–H and O–H groups in total. The van der Waals surface area contributed by atoms with Gasteiger partial charge < -0.3 is 10.2 Å². The van der Waals surface area contributed by atoms with Crippen LogP contribution in [0.25, 0.3) is 0 Å². The van der Waals surface area contributed by atoms with Gasteiger partial charge in [0.15, 0.2) is 0 Å². The topological polar surface area (TPSA) is 15.3 Å². The van der Waals surface area contributed by atoms with Gasteiger partial charge in [0.1, 0.15) is 0 Å². The monoisotopic (exact) mass is 266 g/mol. The Balaban J connectivity index is 2.05. The van der Waals surface area contributed by atoms with Crippen LogP contribution in [-0.4, -0.2) is 43.4 Å². The third kappa shape index (κ3) is 6.43. The van der Waals surface area contributed by atoms with Gasteiger partial charge in [-0.3, -0.25) is 0 Å². The van der Waals surface area contributed by atoms with Crippen LogP contribution in [-0.2, 0) is 0 Å². The lowest BCUT2D eigenvalue weighted by Crippen LogP contribution is -2.32. The molecule has 0 saturated heterocycles. The molecule has 0 bridgehead atoms. The molecule has 3 heteroatoms. The number of nitrogens with zero attached hydrogens (tertiary/aromatic N) is 1. The maximum absolute atomic E-state index is 3.51. The molecule has 0 saturated carbocycles. The van der Waals surface area contributed by atoms with Gasteiger partial charge in [-0.05, 0) is 32.1 Å². The van der Waals surface area contributed by atoms with Gasteiger partial charge in [-0.25, -0.2) is 0 Å². The van der Waals surface area contributed by atoms with Crippen LogP contribution in [0.15, 0.2) is 29.2 Å². The molecule has 0 unspecified atom stereocenters. The Hall–Kier alpha value is -0.510. The molecule has 1 rings (SSSR count). The first-order valence-corrected chi connectivity index (χ1v) is 7.87. The minimum absolute atomic E-state index is 1.08. The van der Waals surface area contributed by atoms with Crippen LogP contribution < -0.4 is 5.32 Å². The van der Waals surface area contributed by atoms with Gasteiger partial charge in [0.25, 0.3) is 0 Å². The van der Waals surface area contributed by atoms with Crippen molar-refractivity contribution < 1.29 is 0 Å². The first-order chi connectivity index (χ1) is 8.76. The summed E-state index contributed by atoms with van der Waals surface area (Å²) in [4.78, 5) is 3.82. The summed E-state index contributed by atoms with van der Waals surface area (Å²) in [7, 11) is 0. The zero-order valence-corrected chi connectivity index (χ0v) is 12.7. The van der Waals surface area contributed by atoms with Gasteiger partial charge in [0.2, 0.25) is 0 Å². The molecule has 0 spiro atoms. The van der Waals surface area contributed by atoms with E-state index < -0.39 is 0 Å². The van der Waals surface area contributed by atoms with Crippen molar-refractivity contribution in [3.8, 4) is 0 Å². The van der Waals surface area contributed by atoms with Crippen LogP contribution in [0.2, 0.25) is 0 Å². The van der Waals surface area contributed by atoms with Crippen LogP contribution >= 0.6 is 11.8 Å². The number of thioether (sulfide) groups is 1. The van der Waals surface area contributed by atoms with Crippen LogP contribution in [0.4, 0.5) is 0 Å². The largest absolute Gasteiger partial charge is 0.315 e. The van der Waals surface area contributed by atoms with Crippen molar-refractivity contribution in [3.63, 3.8) is 0 Å². The molecule has 0 aromatic heterocycles. The number of rotatable bonds is 9. The van der Waals surface area contributed by atoms with Gasteiger partial charge in [0, 0.05) is 30.3 Å². The SMILES string of the molecule is CCN(CC)CCNCCSc1cccc(C)c1. The fourth-order valence-electron chi connectivity index (χ4n) is 1.85. The lowest BCUT2D eigenvalue weighted by molar-refractivity contribution is 0.303. The molecule has 0 aliphatic rings. The average molecular weight is 266 g/mol. The maximum atomic E-state index is 3.51. The number of benzene rings is 1. The summed E-state index contributed by atoms with van der Waals surface area (Å²) in [5.41, 5.74) is 1.34. The van der Waals surface area contributed by atoms with Crippen molar-refractivity contribution in [1.82, 2.24) is 10.2 Å². The van der Waals surface area contributed by atoms with E-state index in [1.165, 1.54) is 10.5 Å². The summed E-state index contributed by atoms with van der Waals surface area (Å²) >= 11 is 1.93. The molecular formula is C15H26N2S. The van der Waals surface area contributed by atoms with Crippen LogP contribution in [0.1, 0.15) is 19.4 Å². The fourth-order valence-corrected chi connectivity index (χ4v) is 2.77. The first kappa shape index (κ1) is 15.5. The third-order valence-electron chi connectivity index (χ3n) is 3.04. The minimum atomic E-state index is 1.08. The van der Waals surface area contributed by atoms with Crippen molar-refractivity contribution >= 4 is 11.8 Å². The van der Waals surface area contributed by atoms with Gasteiger partial charge in [-0.1, -0.05) is 31.5 Å². The quantitative estimate of drug-likeness (QED) is 0.546. The smallest absolute Gasteiger partial charge is 0.0107 e. The zero-order chi connectivity index (χ0) is 13.2. The van der Waals surface area contributed by atoms with E-state index in [0.29, 0.717) is 0 Å². The van der Waals surface area contributed by atoms with E-state index in [-0.39, 0.29) is 0 Å². The highest BCUT2D eigenvalue weighted by Crippen LogP contribution is 2.17. The first-order valence-electron chi connectivity index (χ1n) is 6.88. The van der Waals surface area contributed by atoms with Crippen LogP contribution in [0.3, 0.4) is 0 Å². The summed E-state index contributed by atoms with van der Waals surface area (Å²) in [6.45, 7) is 12.2. The Labute approximate surface area is 116 Å². The number of aryl methyl sites for hydroxylation is 1. The van der Waals surface area contributed by atoms with Crippen molar-refractivity contribution in [3.05, 3.63) is 29.8 Å². The molecule has 0 aliphatic heterocycles. The Bertz CT molecular complexity index is 324. The second-order valence-corrected chi connectivity index (χ2v) is 5.61. The van der Waals surface area contributed by atoms with Crippen LogP contribution in [0.5, 0.6) is 0 Å². The van der Waals surface area contributed by atoms with E-state index in [9.17, 15) is 0 Å². The molecule has 0 heterocycles.